The van der Waals surface area contributed by atoms with Crippen molar-refractivity contribution >= 4 is 45.4 Å². The summed E-state index contributed by atoms with van der Waals surface area (Å²) in [6, 6.07) is 12.7. The number of anilines is 1. The maximum absolute atomic E-state index is 12.3. The zero-order chi connectivity index (χ0) is 22.7. The van der Waals surface area contributed by atoms with E-state index in [2.05, 4.69) is 20.7 Å². The lowest BCUT2D eigenvalue weighted by atomic mass is 10.2. The standard InChI is InChI=1S/C22H20ClN5O3S/c1-13-3-8-18(31-2)17(11-13)25-21(30)20(29)24-10-9-16-12-32-22-26-19(27-28(16)22)14-4-6-15(23)7-5-14/h3-8,11-12H,9-10H2,1-2H3,(H,24,29)(H,25,30). The van der Waals surface area contributed by atoms with Gasteiger partial charge in [-0.05, 0) is 48.9 Å². The zero-order valence-electron chi connectivity index (χ0n) is 17.4. The third kappa shape index (κ3) is 4.74. The van der Waals surface area contributed by atoms with Crippen LogP contribution in [-0.4, -0.2) is 40.1 Å². The Hall–Kier alpha value is -3.43. The highest BCUT2D eigenvalue weighted by molar-refractivity contribution is 7.15. The molecule has 4 aromatic rings. The second-order valence-electron chi connectivity index (χ2n) is 7.03. The summed E-state index contributed by atoms with van der Waals surface area (Å²) >= 11 is 7.40. The van der Waals surface area contributed by atoms with Crippen LogP contribution >= 0.6 is 22.9 Å². The number of halogens is 1. The second-order valence-corrected chi connectivity index (χ2v) is 8.30. The molecule has 164 valence electrons. The van der Waals surface area contributed by atoms with Crippen LogP contribution in [0.1, 0.15) is 11.3 Å². The van der Waals surface area contributed by atoms with Crippen molar-refractivity contribution in [2.45, 2.75) is 13.3 Å². The Morgan fingerprint density at radius 1 is 1.16 bits per heavy atom. The highest BCUT2D eigenvalue weighted by Gasteiger charge is 2.17. The molecule has 10 heteroatoms. The SMILES string of the molecule is COc1ccc(C)cc1NC(=O)C(=O)NCCc1csc2nc(-c3ccc(Cl)cc3)nn12. The Morgan fingerprint density at radius 2 is 1.94 bits per heavy atom. The molecular formula is C22H20ClN5O3S. The van der Waals surface area contributed by atoms with Gasteiger partial charge in [-0.2, -0.15) is 4.98 Å². The quantitative estimate of drug-likeness (QED) is 0.419. The number of nitrogens with zero attached hydrogens (tertiary/aromatic N) is 3. The fourth-order valence-electron chi connectivity index (χ4n) is 3.10. The number of carbonyl (C=O) groups is 2. The fraction of sp³-hybridized carbons (Fsp3) is 0.182. The summed E-state index contributed by atoms with van der Waals surface area (Å²) in [5, 5.41) is 12.4. The van der Waals surface area contributed by atoms with Crippen LogP contribution in [0.2, 0.25) is 5.02 Å². The fourth-order valence-corrected chi connectivity index (χ4v) is 4.08. The Bertz CT molecular complexity index is 1280. The molecule has 4 rings (SSSR count). The van der Waals surface area contributed by atoms with E-state index in [1.807, 2.05) is 30.5 Å². The molecule has 0 unspecified atom stereocenters. The Labute approximate surface area is 193 Å². The molecule has 0 aliphatic heterocycles. The number of aryl methyl sites for hydroxylation is 1. The third-order valence-electron chi connectivity index (χ3n) is 4.73. The molecule has 0 aliphatic rings. The van der Waals surface area contributed by atoms with Crippen molar-refractivity contribution in [2.75, 3.05) is 19.0 Å². The van der Waals surface area contributed by atoms with E-state index in [4.69, 9.17) is 16.3 Å². The van der Waals surface area contributed by atoms with Crippen molar-refractivity contribution in [3.05, 3.63) is 64.1 Å². The minimum atomic E-state index is -0.754. The van der Waals surface area contributed by atoms with Crippen LogP contribution in [0.15, 0.2) is 47.8 Å². The van der Waals surface area contributed by atoms with Crippen LogP contribution < -0.4 is 15.4 Å². The van der Waals surface area contributed by atoms with Crippen LogP contribution in [0.3, 0.4) is 0 Å². The number of aromatic nitrogens is 3. The predicted octanol–water partition coefficient (Wildman–Crippen LogP) is 3.73. The van der Waals surface area contributed by atoms with E-state index in [9.17, 15) is 9.59 Å². The molecule has 8 nitrogen and oxygen atoms in total. The summed E-state index contributed by atoms with van der Waals surface area (Å²) in [4.78, 5) is 29.8. The molecule has 2 N–H and O–H groups in total. The van der Waals surface area contributed by atoms with Crippen LogP contribution in [0, 0.1) is 6.92 Å². The minimum Gasteiger partial charge on any atom is -0.495 e. The summed E-state index contributed by atoms with van der Waals surface area (Å²) < 4.78 is 6.97. The van der Waals surface area contributed by atoms with Gasteiger partial charge in [0.2, 0.25) is 4.96 Å². The van der Waals surface area contributed by atoms with Crippen molar-refractivity contribution in [3.63, 3.8) is 0 Å². The number of amides is 2. The smallest absolute Gasteiger partial charge is 0.313 e. The molecule has 0 bridgehead atoms. The minimum absolute atomic E-state index is 0.277. The molecule has 2 aromatic carbocycles. The van der Waals surface area contributed by atoms with Gasteiger partial charge >= 0.3 is 11.8 Å². The van der Waals surface area contributed by atoms with Crippen molar-refractivity contribution in [3.8, 4) is 17.1 Å². The molecular weight excluding hydrogens is 450 g/mol. The predicted molar refractivity (Wildman–Crippen MR) is 124 cm³/mol. The number of ether oxygens (including phenoxy) is 1. The Kier molecular flexibility index (Phi) is 6.38. The maximum Gasteiger partial charge on any atom is 0.313 e. The van der Waals surface area contributed by atoms with Crippen molar-refractivity contribution in [1.29, 1.82) is 0 Å². The number of hydrogen-bond acceptors (Lipinski definition) is 6. The summed E-state index contributed by atoms with van der Waals surface area (Å²) in [6.07, 6.45) is 0.496. The lowest BCUT2D eigenvalue weighted by molar-refractivity contribution is -0.136. The summed E-state index contributed by atoms with van der Waals surface area (Å²) in [5.74, 6) is -0.388. The molecule has 0 saturated carbocycles. The van der Waals surface area contributed by atoms with Crippen molar-refractivity contribution in [2.24, 2.45) is 0 Å². The van der Waals surface area contributed by atoms with Gasteiger partial charge in [0, 0.05) is 28.9 Å². The normalized spacial score (nSPS) is 10.8. The molecule has 0 saturated heterocycles. The van der Waals surface area contributed by atoms with E-state index in [-0.39, 0.29) is 6.54 Å². The van der Waals surface area contributed by atoms with Gasteiger partial charge in [0.15, 0.2) is 5.82 Å². The lowest BCUT2D eigenvalue weighted by Gasteiger charge is -2.11. The number of rotatable bonds is 6. The Balaban J connectivity index is 1.37. The van der Waals surface area contributed by atoms with E-state index in [0.717, 1.165) is 21.8 Å². The third-order valence-corrected chi connectivity index (χ3v) is 5.85. The summed E-state index contributed by atoms with van der Waals surface area (Å²) in [7, 11) is 1.50. The zero-order valence-corrected chi connectivity index (χ0v) is 19.0. The second kappa shape index (κ2) is 9.37. The van der Waals surface area contributed by atoms with Crippen LogP contribution in [0.5, 0.6) is 5.75 Å². The molecule has 0 fully saturated rings. The van der Waals surface area contributed by atoms with Gasteiger partial charge in [-0.25, -0.2) is 4.52 Å². The first-order valence-electron chi connectivity index (χ1n) is 9.77. The average Bonchev–Trinajstić information content (AvgIpc) is 3.36. The largest absolute Gasteiger partial charge is 0.495 e. The molecule has 0 aliphatic carbocycles. The lowest BCUT2D eigenvalue weighted by Crippen LogP contribution is -2.36. The van der Waals surface area contributed by atoms with Gasteiger partial charge in [-0.3, -0.25) is 9.59 Å². The monoisotopic (exact) mass is 469 g/mol. The highest BCUT2D eigenvalue weighted by Crippen LogP contribution is 2.25. The molecule has 2 heterocycles. The first-order valence-corrected chi connectivity index (χ1v) is 11.0. The maximum atomic E-state index is 12.3. The number of carbonyl (C=O) groups excluding carboxylic acids is 2. The van der Waals surface area contributed by atoms with Crippen molar-refractivity contribution < 1.29 is 14.3 Å². The molecule has 2 amide bonds. The molecule has 0 atom stereocenters. The molecule has 0 spiro atoms. The summed E-state index contributed by atoms with van der Waals surface area (Å²) in [6.45, 7) is 2.17. The average molecular weight is 470 g/mol. The molecule has 32 heavy (non-hydrogen) atoms. The van der Waals surface area contributed by atoms with Gasteiger partial charge in [-0.15, -0.1) is 16.4 Å². The van der Waals surface area contributed by atoms with Gasteiger partial charge in [0.25, 0.3) is 0 Å². The van der Waals surface area contributed by atoms with E-state index in [0.29, 0.717) is 28.7 Å². The van der Waals surface area contributed by atoms with Gasteiger partial charge < -0.3 is 15.4 Å². The number of thiazole rings is 1. The topological polar surface area (TPSA) is 97.6 Å². The number of nitrogens with one attached hydrogen (secondary N) is 2. The summed E-state index contributed by atoms with van der Waals surface area (Å²) in [5.41, 5.74) is 3.14. The van der Waals surface area contributed by atoms with Crippen LogP contribution in [-0.2, 0) is 16.0 Å². The van der Waals surface area contributed by atoms with Crippen molar-refractivity contribution in [1.82, 2.24) is 19.9 Å². The number of benzene rings is 2. The van der Waals surface area contributed by atoms with E-state index >= 15 is 0 Å². The number of fused-ring (bicyclic) bond motifs is 1. The van der Waals surface area contributed by atoms with E-state index in [1.165, 1.54) is 18.4 Å². The highest BCUT2D eigenvalue weighted by atomic mass is 35.5. The number of methoxy groups -OCH3 is 1. The Morgan fingerprint density at radius 3 is 2.69 bits per heavy atom. The number of hydrogen-bond donors (Lipinski definition) is 2. The molecule has 0 radical (unpaired) electrons. The van der Waals surface area contributed by atoms with Crippen LogP contribution in [0.25, 0.3) is 16.3 Å². The van der Waals surface area contributed by atoms with Gasteiger partial charge in [0.1, 0.15) is 5.75 Å². The van der Waals surface area contributed by atoms with Gasteiger partial charge in [0.05, 0.1) is 18.5 Å². The first-order chi connectivity index (χ1) is 15.4. The van der Waals surface area contributed by atoms with E-state index in [1.54, 1.807) is 28.8 Å². The van der Waals surface area contributed by atoms with Crippen LogP contribution in [0.4, 0.5) is 5.69 Å². The van der Waals surface area contributed by atoms with Gasteiger partial charge in [-0.1, -0.05) is 17.7 Å². The molecule has 2 aromatic heterocycles. The van der Waals surface area contributed by atoms with E-state index < -0.39 is 11.8 Å². The first kappa shape index (κ1) is 21.8.